The number of nitrogens with zero attached hydrogens (tertiary/aromatic N) is 3. The molecule has 0 fully saturated rings. The molecule has 118 valence electrons. The monoisotopic (exact) mass is 317 g/mol. The van der Waals surface area contributed by atoms with E-state index < -0.39 is 17.6 Å². The molecule has 0 N–H and O–H groups in total. The normalized spacial score (nSPS) is 10.9. The number of esters is 1. The molecule has 0 spiro atoms. The van der Waals surface area contributed by atoms with Crippen LogP contribution in [0.25, 0.3) is 11.0 Å². The maximum atomic E-state index is 13.8. The van der Waals surface area contributed by atoms with Gasteiger partial charge in [0.25, 0.3) is 0 Å². The SMILES string of the molecule is CCOC(=O)c1nn(Cc2ccc(F)cc2F)c2ncccc12. The molecule has 0 saturated heterocycles. The molecular weight excluding hydrogens is 304 g/mol. The van der Waals surface area contributed by atoms with Crippen molar-refractivity contribution in [1.82, 2.24) is 14.8 Å². The summed E-state index contributed by atoms with van der Waals surface area (Å²) in [5, 5.41) is 4.71. The van der Waals surface area contributed by atoms with E-state index in [2.05, 4.69) is 10.1 Å². The minimum absolute atomic E-state index is 0.0268. The van der Waals surface area contributed by atoms with Gasteiger partial charge in [-0.15, -0.1) is 0 Å². The van der Waals surface area contributed by atoms with E-state index in [0.717, 1.165) is 6.07 Å². The van der Waals surface area contributed by atoms with Crippen LogP contribution in [0.4, 0.5) is 8.78 Å². The second kappa shape index (κ2) is 6.12. The summed E-state index contributed by atoms with van der Waals surface area (Å²) in [5.74, 6) is -1.90. The van der Waals surface area contributed by atoms with Crippen LogP contribution >= 0.6 is 0 Å². The van der Waals surface area contributed by atoms with Gasteiger partial charge in [0.2, 0.25) is 0 Å². The fourth-order valence-corrected chi connectivity index (χ4v) is 2.28. The molecule has 3 aromatic rings. The molecule has 0 unspecified atom stereocenters. The minimum Gasteiger partial charge on any atom is -0.461 e. The van der Waals surface area contributed by atoms with E-state index in [1.54, 1.807) is 25.3 Å². The third-order valence-electron chi connectivity index (χ3n) is 3.31. The first-order chi connectivity index (χ1) is 11.1. The van der Waals surface area contributed by atoms with Crippen LogP contribution in [0, 0.1) is 11.6 Å². The molecule has 1 aromatic carbocycles. The quantitative estimate of drug-likeness (QED) is 0.694. The van der Waals surface area contributed by atoms with Crippen molar-refractivity contribution >= 4 is 17.0 Å². The topological polar surface area (TPSA) is 57.0 Å². The summed E-state index contributed by atoms with van der Waals surface area (Å²) < 4.78 is 33.2. The van der Waals surface area contributed by atoms with Gasteiger partial charge in [-0.2, -0.15) is 5.10 Å². The second-order valence-corrected chi connectivity index (χ2v) is 4.84. The minimum atomic E-state index is -0.678. The van der Waals surface area contributed by atoms with Gasteiger partial charge < -0.3 is 4.74 Å². The molecule has 0 aliphatic carbocycles. The van der Waals surface area contributed by atoms with E-state index in [1.165, 1.54) is 16.8 Å². The molecule has 0 saturated carbocycles. The fraction of sp³-hybridized carbons (Fsp3) is 0.188. The first-order valence-electron chi connectivity index (χ1n) is 7.02. The lowest BCUT2D eigenvalue weighted by atomic mass is 10.2. The highest BCUT2D eigenvalue weighted by Crippen LogP contribution is 2.19. The first kappa shape index (κ1) is 15.1. The number of hydrogen-bond acceptors (Lipinski definition) is 4. The lowest BCUT2D eigenvalue weighted by Crippen LogP contribution is -2.09. The molecular formula is C16H13F2N3O2. The van der Waals surface area contributed by atoms with E-state index in [1.807, 2.05) is 0 Å². The van der Waals surface area contributed by atoms with Gasteiger partial charge in [0, 0.05) is 17.8 Å². The zero-order valence-electron chi connectivity index (χ0n) is 12.3. The Kier molecular flexibility index (Phi) is 4.01. The summed E-state index contributed by atoms with van der Waals surface area (Å²) in [5.41, 5.74) is 0.800. The molecule has 23 heavy (non-hydrogen) atoms. The van der Waals surface area contributed by atoms with Gasteiger partial charge in [-0.05, 0) is 25.1 Å². The molecule has 0 radical (unpaired) electrons. The zero-order chi connectivity index (χ0) is 16.4. The van der Waals surface area contributed by atoms with Crippen LogP contribution in [0.5, 0.6) is 0 Å². The largest absolute Gasteiger partial charge is 0.461 e. The summed E-state index contributed by atoms with van der Waals surface area (Å²) in [6, 6.07) is 6.68. The Hall–Kier alpha value is -2.83. The van der Waals surface area contributed by atoms with Crippen molar-refractivity contribution in [3.63, 3.8) is 0 Å². The van der Waals surface area contributed by atoms with Crippen LogP contribution in [0.15, 0.2) is 36.5 Å². The van der Waals surface area contributed by atoms with Crippen LogP contribution in [-0.2, 0) is 11.3 Å². The highest BCUT2D eigenvalue weighted by molar-refractivity contribution is 6.01. The van der Waals surface area contributed by atoms with Crippen molar-refractivity contribution < 1.29 is 18.3 Å². The predicted octanol–water partition coefficient (Wildman–Crippen LogP) is 2.93. The second-order valence-electron chi connectivity index (χ2n) is 4.84. The number of carbonyl (C=O) groups is 1. The Balaban J connectivity index is 2.05. The molecule has 7 heteroatoms. The van der Waals surface area contributed by atoms with Gasteiger partial charge in [0.05, 0.1) is 18.5 Å². The zero-order valence-corrected chi connectivity index (χ0v) is 12.3. The van der Waals surface area contributed by atoms with Gasteiger partial charge in [0.1, 0.15) is 11.6 Å². The van der Waals surface area contributed by atoms with Gasteiger partial charge in [-0.1, -0.05) is 6.07 Å². The average Bonchev–Trinajstić information content (AvgIpc) is 2.89. The third kappa shape index (κ3) is 2.90. The van der Waals surface area contributed by atoms with Crippen molar-refractivity contribution in [2.24, 2.45) is 0 Å². The number of pyridine rings is 1. The van der Waals surface area contributed by atoms with Crippen molar-refractivity contribution in [3.05, 3.63) is 59.4 Å². The highest BCUT2D eigenvalue weighted by Gasteiger charge is 2.19. The van der Waals surface area contributed by atoms with Crippen LogP contribution < -0.4 is 0 Å². The number of hydrogen-bond donors (Lipinski definition) is 0. The molecule has 5 nitrogen and oxygen atoms in total. The molecule has 2 heterocycles. The van der Waals surface area contributed by atoms with Crippen LogP contribution in [0.2, 0.25) is 0 Å². The maximum absolute atomic E-state index is 13.8. The Bertz CT molecular complexity index is 877. The van der Waals surface area contributed by atoms with Crippen molar-refractivity contribution in [1.29, 1.82) is 0 Å². The molecule has 0 amide bonds. The van der Waals surface area contributed by atoms with E-state index in [0.29, 0.717) is 11.0 Å². The molecule has 3 rings (SSSR count). The average molecular weight is 317 g/mol. The molecule has 0 aliphatic rings. The summed E-state index contributed by atoms with van der Waals surface area (Å²) in [7, 11) is 0. The van der Waals surface area contributed by atoms with Crippen molar-refractivity contribution in [2.45, 2.75) is 13.5 Å². The van der Waals surface area contributed by atoms with Crippen LogP contribution in [0.3, 0.4) is 0 Å². The summed E-state index contributed by atoms with van der Waals surface area (Å²) >= 11 is 0. The third-order valence-corrected chi connectivity index (χ3v) is 3.31. The molecule has 0 bridgehead atoms. The number of benzene rings is 1. The van der Waals surface area contributed by atoms with Gasteiger partial charge in [-0.3, -0.25) is 0 Å². The van der Waals surface area contributed by atoms with E-state index in [4.69, 9.17) is 4.74 Å². The summed E-state index contributed by atoms with van der Waals surface area (Å²) in [6.07, 6.45) is 1.55. The van der Waals surface area contributed by atoms with E-state index in [9.17, 15) is 13.6 Å². The smallest absolute Gasteiger partial charge is 0.359 e. The lowest BCUT2D eigenvalue weighted by Gasteiger charge is -2.04. The Labute approximate surface area is 130 Å². The standard InChI is InChI=1S/C16H13F2N3O2/c1-2-23-16(22)14-12-4-3-7-19-15(12)21(20-14)9-10-5-6-11(17)8-13(10)18/h3-8H,2,9H2,1H3. The van der Waals surface area contributed by atoms with Gasteiger partial charge in [0.15, 0.2) is 11.3 Å². The summed E-state index contributed by atoms with van der Waals surface area (Å²) in [4.78, 5) is 16.2. The van der Waals surface area contributed by atoms with Crippen LogP contribution in [0.1, 0.15) is 23.0 Å². The first-order valence-corrected chi connectivity index (χ1v) is 7.02. The number of aromatic nitrogens is 3. The Morgan fingerprint density at radius 3 is 2.87 bits per heavy atom. The number of ether oxygens (including phenoxy) is 1. The van der Waals surface area contributed by atoms with E-state index in [-0.39, 0.29) is 24.4 Å². The van der Waals surface area contributed by atoms with E-state index >= 15 is 0 Å². The number of halogens is 2. The highest BCUT2D eigenvalue weighted by atomic mass is 19.1. The summed E-state index contributed by atoms with van der Waals surface area (Å²) in [6.45, 7) is 1.95. The number of rotatable bonds is 4. The predicted molar refractivity (Wildman–Crippen MR) is 78.9 cm³/mol. The lowest BCUT2D eigenvalue weighted by molar-refractivity contribution is 0.0520. The van der Waals surface area contributed by atoms with Crippen molar-refractivity contribution in [3.8, 4) is 0 Å². The molecule has 0 atom stereocenters. The Morgan fingerprint density at radius 2 is 2.13 bits per heavy atom. The van der Waals surface area contributed by atoms with Crippen molar-refractivity contribution in [2.75, 3.05) is 6.61 Å². The fourth-order valence-electron chi connectivity index (χ4n) is 2.28. The maximum Gasteiger partial charge on any atom is 0.359 e. The number of fused-ring (bicyclic) bond motifs is 1. The molecule has 0 aliphatic heterocycles. The molecule has 2 aromatic heterocycles. The number of carbonyl (C=O) groups excluding carboxylic acids is 1. The van der Waals surface area contributed by atoms with Gasteiger partial charge >= 0.3 is 5.97 Å². The van der Waals surface area contributed by atoms with Crippen LogP contribution in [-0.4, -0.2) is 27.3 Å². The Morgan fingerprint density at radius 1 is 1.30 bits per heavy atom. The van der Waals surface area contributed by atoms with Gasteiger partial charge in [-0.25, -0.2) is 23.2 Å².